The Morgan fingerprint density at radius 2 is 2.28 bits per heavy atom. The first-order chi connectivity index (χ1) is 8.22. The minimum Gasteiger partial charge on any atom is -0.494 e. The zero-order valence-electron chi connectivity index (χ0n) is 10.2. The van der Waals surface area contributed by atoms with E-state index in [1.165, 1.54) is 19.2 Å². The van der Waals surface area contributed by atoms with E-state index in [0.717, 1.165) is 19.4 Å². The van der Waals surface area contributed by atoms with Gasteiger partial charge in [0.1, 0.15) is 0 Å². The average molecular weight is 274 g/mol. The zero-order valence-corrected chi connectivity index (χ0v) is 11.1. The number of Topliss-reactive ketones (excluding diaryl/α,β-unsaturated/α-hetero) is 1. The maximum Gasteiger partial charge on any atom is 0.167 e. The Balaban J connectivity index is 0.00000162. The number of carbonyl (C=O) groups is 1. The van der Waals surface area contributed by atoms with Crippen LogP contribution >= 0.6 is 12.4 Å². The average Bonchev–Trinajstić information content (AvgIpc) is 2.39. The molecule has 1 fully saturated rings. The van der Waals surface area contributed by atoms with Crippen molar-refractivity contribution >= 4 is 18.2 Å². The molecule has 0 radical (unpaired) electrons. The highest BCUT2D eigenvalue weighted by Gasteiger charge is 2.22. The molecule has 0 bridgehead atoms. The van der Waals surface area contributed by atoms with Gasteiger partial charge in [-0.15, -0.1) is 12.4 Å². The normalized spacial score (nSPS) is 18.9. The predicted octanol–water partition coefficient (Wildman–Crippen LogP) is 2.44. The van der Waals surface area contributed by atoms with Gasteiger partial charge >= 0.3 is 0 Å². The van der Waals surface area contributed by atoms with Gasteiger partial charge in [-0.25, -0.2) is 4.39 Å². The Morgan fingerprint density at radius 3 is 2.83 bits per heavy atom. The lowest BCUT2D eigenvalue weighted by atomic mass is 9.91. The van der Waals surface area contributed by atoms with Gasteiger partial charge in [-0.3, -0.25) is 4.79 Å². The molecule has 3 nitrogen and oxygen atoms in total. The third kappa shape index (κ3) is 3.21. The molecule has 0 saturated carbocycles. The largest absolute Gasteiger partial charge is 0.494 e. The molecule has 1 saturated heterocycles. The van der Waals surface area contributed by atoms with E-state index in [2.05, 4.69) is 5.32 Å². The van der Waals surface area contributed by atoms with Crippen LogP contribution < -0.4 is 10.1 Å². The second-order valence-electron chi connectivity index (χ2n) is 4.26. The summed E-state index contributed by atoms with van der Waals surface area (Å²) in [5.74, 6) is -0.333. The lowest BCUT2D eigenvalue weighted by Crippen LogP contribution is -2.34. The Labute approximate surface area is 112 Å². The van der Waals surface area contributed by atoms with Crippen LogP contribution in [0, 0.1) is 11.7 Å². The quantitative estimate of drug-likeness (QED) is 0.860. The number of nitrogens with one attached hydrogen (secondary N) is 1. The Morgan fingerprint density at radius 1 is 1.50 bits per heavy atom. The highest BCUT2D eigenvalue weighted by Crippen LogP contribution is 2.21. The Hall–Kier alpha value is -1.13. The summed E-state index contributed by atoms with van der Waals surface area (Å²) in [4.78, 5) is 12.1. The fraction of sp³-hybridized carbons (Fsp3) is 0.462. The Bertz CT molecular complexity index is 419. The van der Waals surface area contributed by atoms with Crippen LogP contribution in [0.1, 0.15) is 23.2 Å². The van der Waals surface area contributed by atoms with E-state index in [4.69, 9.17) is 4.74 Å². The van der Waals surface area contributed by atoms with Gasteiger partial charge in [0.05, 0.1) is 7.11 Å². The molecule has 5 heteroatoms. The van der Waals surface area contributed by atoms with Gasteiger partial charge in [0, 0.05) is 18.0 Å². The van der Waals surface area contributed by atoms with Crippen LogP contribution in [0.3, 0.4) is 0 Å². The molecular formula is C13H17ClFNO2. The van der Waals surface area contributed by atoms with Crippen molar-refractivity contribution in [1.29, 1.82) is 0 Å². The molecule has 0 aliphatic carbocycles. The van der Waals surface area contributed by atoms with Crippen LogP contribution in [0.2, 0.25) is 0 Å². The predicted molar refractivity (Wildman–Crippen MR) is 70.1 cm³/mol. The van der Waals surface area contributed by atoms with Gasteiger partial charge in [0.25, 0.3) is 0 Å². The van der Waals surface area contributed by atoms with Crippen molar-refractivity contribution in [3.8, 4) is 5.75 Å². The fourth-order valence-electron chi connectivity index (χ4n) is 2.13. The summed E-state index contributed by atoms with van der Waals surface area (Å²) in [7, 11) is 1.41. The molecule has 18 heavy (non-hydrogen) atoms. The van der Waals surface area contributed by atoms with E-state index in [0.29, 0.717) is 12.1 Å². The molecule has 100 valence electrons. The van der Waals surface area contributed by atoms with Crippen LogP contribution in [0.25, 0.3) is 0 Å². The summed E-state index contributed by atoms with van der Waals surface area (Å²) in [6.45, 7) is 1.65. The SMILES string of the molecule is COc1ccc(C(=O)C2CCCNC2)cc1F.Cl. The summed E-state index contributed by atoms with van der Waals surface area (Å²) in [6, 6.07) is 4.38. The van der Waals surface area contributed by atoms with Crippen molar-refractivity contribution < 1.29 is 13.9 Å². The molecule has 0 amide bonds. The second kappa shape index (κ2) is 6.71. The lowest BCUT2D eigenvalue weighted by Gasteiger charge is -2.21. The Kier molecular flexibility index (Phi) is 5.56. The summed E-state index contributed by atoms with van der Waals surface area (Å²) in [5.41, 5.74) is 0.428. The molecule has 1 atom stereocenters. The minimum absolute atomic E-state index is 0. The molecule has 2 rings (SSSR count). The molecule has 1 aliphatic rings. The highest BCUT2D eigenvalue weighted by atomic mass is 35.5. The molecule has 1 heterocycles. The minimum atomic E-state index is -0.484. The number of ketones is 1. The van der Waals surface area contributed by atoms with E-state index < -0.39 is 5.82 Å². The van der Waals surface area contributed by atoms with Crippen molar-refractivity contribution in [2.45, 2.75) is 12.8 Å². The fourth-order valence-corrected chi connectivity index (χ4v) is 2.13. The summed E-state index contributed by atoms with van der Waals surface area (Å²) in [5, 5.41) is 3.18. The maximum atomic E-state index is 13.5. The topological polar surface area (TPSA) is 38.3 Å². The number of rotatable bonds is 3. The van der Waals surface area contributed by atoms with Gasteiger partial charge in [-0.1, -0.05) is 0 Å². The molecular weight excluding hydrogens is 257 g/mol. The number of hydrogen-bond acceptors (Lipinski definition) is 3. The number of benzene rings is 1. The van der Waals surface area contributed by atoms with Gasteiger partial charge in [-0.2, -0.15) is 0 Å². The number of carbonyl (C=O) groups excluding carboxylic acids is 1. The van der Waals surface area contributed by atoms with E-state index in [1.54, 1.807) is 6.07 Å². The van der Waals surface area contributed by atoms with Crippen LogP contribution in [0.5, 0.6) is 5.75 Å². The van der Waals surface area contributed by atoms with E-state index >= 15 is 0 Å². The maximum absolute atomic E-state index is 13.5. The van der Waals surface area contributed by atoms with Gasteiger partial charge in [0.15, 0.2) is 17.3 Å². The van der Waals surface area contributed by atoms with E-state index in [9.17, 15) is 9.18 Å². The molecule has 1 unspecified atom stereocenters. The van der Waals surface area contributed by atoms with Crippen LogP contribution in [0.4, 0.5) is 4.39 Å². The zero-order chi connectivity index (χ0) is 12.3. The highest BCUT2D eigenvalue weighted by molar-refractivity contribution is 5.98. The third-order valence-corrected chi connectivity index (χ3v) is 3.10. The number of piperidine rings is 1. The van der Waals surface area contributed by atoms with Gasteiger partial charge in [-0.05, 0) is 37.6 Å². The van der Waals surface area contributed by atoms with Crippen molar-refractivity contribution in [1.82, 2.24) is 5.32 Å². The van der Waals surface area contributed by atoms with Crippen LogP contribution in [-0.2, 0) is 0 Å². The van der Waals surface area contributed by atoms with Crippen molar-refractivity contribution in [3.63, 3.8) is 0 Å². The molecule has 1 aliphatic heterocycles. The second-order valence-corrected chi connectivity index (χ2v) is 4.26. The molecule has 1 aromatic carbocycles. The summed E-state index contributed by atoms with van der Waals surface area (Å²) in [6.07, 6.45) is 1.87. The number of hydrogen-bond donors (Lipinski definition) is 1. The van der Waals surface area contributed by atoms with Crippen molar-refractivity contribution in [2.75, 3.05) is 20.2 Å². The molecule has 1 N–H and O–H groups in total. The van der Waals surface area contributed by atoms with E-state index in [-0.39, 0.29) is 29.9 Å². The van der Waals surface area contributed by atoms with Crippen molar-refractivity contribution in [3.05, 3.63) is 29.6 Å². The smallest absolute Gasteiger partial charge is 0.167 e. The first-order valence-electron chi connectivity index (χ1n) is 5.81. The first kappa shape index (κ1) is 14.9. The summed E-state index contributed by atoms with van der Waals surface area (Å²) < 4.78 is 18.3. The molecule has 0 spiro atoms. The number of halogens is 2. The van der Waals surface area contributed by atoms with Crippen LogP contribution in [-0.4, -0.2) is 26.0 Å². The van der Waals surface area contributed by atoms with Crippen molar-refractivity contribution in [2.24, 2.45) is 5.92 Å². The van der Waals surface area contributed by atoms with Crippen LogP contribution in [0.15, 0.2) is 18.2 Å². The number of ether oxygens (including phenoxy) is 1. The van der Waals surface area contributed by atoms with E-state index in [1.807, 2.05) is 0 Å². The standard InChI is InChI=1S/C13H16FNO2.ClH/c1-17-12-5-4-9(7-11(12)14)13(16)10-3-2-6-15-8-10;/h4-5,7,10,15H,2-3,6,8H2,1H3;1H. The monoisotopic (exact) mass is 273 g/mol. The first-order valence-corrected chi connectivity index (χ1v) is 5.81. The molecule has 0 aromatic heterocycles. The molecule has 1 aromatic rings. The summed E-state index contributed by atoms with van der Waals surface area (Å²) >= 11 is 0. The van der Waals surface area contributed by atoms with Gasteiger partial charge in [0.2, 0.25) is 0 Å². The number of methoxy groups -OCH3 is 1. The third-order valence-electron chi connectivity index (χ3n) is 3.10. The lowest BCUT2D eigenvalue weighted by molar-refractivity contribution is 0.0899. The van der Waals surface area contributed by atoms with Gasteiger partial charge < -0.3 is 10.1 Å².